The van der Waals surface area contributed by atoms with Gasteiger partial charge in [-0.25, -0.2) is 0 Å². The Bertz CT molecular complexity index is 163. The zero-order valence-electron chi connectivity index (χ0n) is 6.12. The van der Waals surface area contributed by atoms with Crippen LogP contribution >= 0.6 is 23.4 Å². The van der Waals surface area contributed by atoms with E-state index in [1.807, 2.05) is 0 Å². The summed E-state index contributed by atoms with van der Waals surface area (Å²) in [5.74, 6) is 0.405. The molecule has 0 unspecified atom stereocenters. The third kappa shape index (κ3) is 6.12. The predicted molar refractivity (Wildman–Crippen MR) is 48.4 cm³/mol. The standard InChI is InChI=1S/C5H9ClN2O2S/c1-11-5(4-8(9)10)7-3-2-6/h2-4H2,1H3. The fourth-order valence-corrected chi connectivity index (χ4v) is 0.996. The minimum atomic E-state index is -0.399. The monoisotopic (exact) mass is 196 g/mol. The quantitative estimate of drug-likeness (QED) is 0.224. The van der Waals surface area contributed by atoms with Crippen LogP contribution in [0.3, 0.4) is 0 Å². The van der Waals surface area contributed by atoms with Crippen LogP contribution in [0, 0.1) is 10.1 Å². The number of aliphatic imine (C=N–C) groups is 1. The first-order valence-electron chi connectivity index (χ1n) is 2.95. The molecule has 0 atom stereocenters. The summed E-state index contributed by atoms with van der Waals surface area (Å²) < 4.78 is 0. The van der Waals surface area contributed by atoms with E-state index in [0.29, 0.717) is 17.5 Å². The summed E-state index contributed by atoms with van der Waals surface area (Å²) >= 11 is 6.64. The van der Waals surface area contributed by atoms with Gasteiger partial charge in [-0.15, -0.1) is 23.4 Å². The SMILES string of the molecule is CSC(C[N+](=O)[O-])=NCCCl. The number of thioether (sulfide) groups is 1. The number of hydrogen-bond donors (Lipinski definition) is 0. The second kappa shape index (κ2) is 6.42. The smallest absolute Gasteiger partial charge is 0.250 e. The first-order chi connectivity index (χ1) is 5.20. The lowest BCUT2D eigenvalue weighted by Gasteiger charge is -1.95. The number of alkyl halides is 1. The molecule has 0 heterocycles. The fraction of sp³-hybridized carbons (Fsp3) is 0.800. The van der Waals surface area contributed by atoms with Gasteiger partial charge in [0.1, 0.15) is 5.04 Å². The Balaban J connectivity index is 3.83. The lowest BCUT2D eigenvalue weighted by molar-refractivity contribution is -0.462. The molecular formula is C5H9ClN2O2S. The Kier molecular flexibility index (Phi) is 6.25. The first-order valence-corrected chi connectivity index (χ1v) is 4.71. The average Bonchev–Trinajstić information content (AvgIpc) is 1.97. The van der Waals surface area contributed by atoms with Crippen molar-refractivity contribution in [3.8, 4) is 0 Å². The minimum Gasteiger partial charge on any atom is -0.275 e. The lowest BCUT2D eigenvalue weighted by Crippen LogP contribution is -2.10. The van der Waals surface area contributed by atoms with Gasteiger partial charge in [0.15, 0.2) is 0 Å². The van der Waals surface area contributed by atoms with Crippen LogP contribution in [0.1, 0.15) is 0 Å². The molecule has 6 heteroatoms. The molecule has 0 bridgehead atoms. The molecule has 0 aromatic heterocycles. The van der Waals surface area contributed by atoms with Gasteiger partial charge >= 0.3 is 0 Å². The van der Waals surface area contributed by atoms with E-state index in [2.05, 4.69) is 4.99 Å². The van der Waals surface area contributed by atoms with Crippen LogP contribution in [0.4, 0.5) is 0 Å². The van der Waals surface area contributed by atoms with Crippen molar-refractivity contribution in [2.24, 2.45) is 4.99 Å². The highest BCUT2D eigenvalue weighted by Crippen LogP contribution is 1.98. The van der Waals surface area contributed by atoms with Crippen molar-refractivity contribution < 1.29 is 4.92 Å². The molecule has 4 nitrogen and oxygen atoms in total. The van der Waals surface area contributed by atoms with Crippen LogP contribution in [0.25, 0.3) is 0 Å². The molecular weight excluding hydrogens is 188 g/mol. The molecule has 0 fully saturated rings. The predicted octanol–water partition coefficient (Wildman–Crippen LogP) is 1.26. The highest BCUT2D eigenvalue weighted by molar-refractivity contribution is 8.13. The largest absolute Gasteiger partial charge is 0.275 e. The molecule has 0 N–H and O–H groups in total. The zero-order valence-corrected chi connectivity index (χ0v) is 7.69. The van der Waals surface area contributed by atoms with E-state index in [0.717, 1.165) is 0 Å². The van der Waals surface area contributed by atoms with E-state index in [9.17, 15) is 10.1 Å². The highest BCUT2D eigenvalue weighted by atomic mass is 35.5. The maximum atomic E-state index is 10.0. The molecule has 0 spiro atoms. The van der Waals surface area contributed by atoms with Gasteiger partial charge in [-0.05, 0) is 6.26 Å². The Morgan fingerprint density at radius 1 is 1.82 bits per heavy atom. The average molecular weight is 197 g/mol. The Hall–Kier alpha value is -0.290. The molecule has 0 rings (SSSR count). The normalized spacial score (nSPS) is 11.6. The molecule has 0 saturated carbocycles. The number of hydrogen-bond acceptors (Lipinski definition) is 4. The van der Waals surface area contributed by atoms with Gasteiger partial charge in [0, 0.05) is 10.8 Å². The number of nitro groups is 1. The van der Waals surface area contributed by atoms with Gasteiger partial charge in [-0.1, -0.05) is 0 Å². The molecule has 0 aliphatic rings. The van der Waals surface area contributed by atoms with Crippen LogP contribution in [0.2, 0.25) is 0 Å². The van der Waals surface area contributed by atoms with E-state index >= 15 is 0 Å². The number of rotatable bonds is 4. The van der Waals surface area contributed by atoms with E-state index < -0.39 is 4.92 Å². The topological polar surface area (TPSA) is 55.5 Å². The minimum absolute atomic E-state index is 0.196. The summed E-state index contributed by atoms with van der Waals surface area (Å²) in [4.78, 5) is 13.5. The molecule has 0 aromatic carbocycles. The van der Waals surface area contributed by atoms with Crippen LogP contribution < -0.4 is 0 Å². The van der Waals surface area contributed by atoms with Gasteiger partial charge in [0.05, 0.1) is 6.54 Å². The maximum Gasteiger partial charge on any atom is 0.250 e. The Morgan fingerprint density at radius 2 is 2.45 bits per heavy atom. The molecule has 0 aromatic rings. The van der Waals surface area contributed by atoms with Gasteiger partial charge in [-0.2, -0.15) is 0 Å². The summed E-state index contributed by atoms with van der Waals surface area (Å²) in [7, 11) is 0. The lowest BCUT2D eigenvalue weighted by atomic mass is 10.7. The van der Waals surface area contributed by atoms with E-state index in [-0.39, 0.29) is 6.54 Å². The zero-order chi connectivity index (χ0) is 8.69. The molecule has 11 heavy (non-hydrogen) atoms. The number of halogens is 1. The maximum absolute atomic E-state index is 10.0. The highest BCUT2D eigenvalue weighted by Gasteiger charge is 2.04. The molecule has 0 aliphatic carbocycles. The van der Waals surface area contributed by atoms with Crippen molar-refractivity contribution in [1.29, 1.82) is 0 Å². The molecule has 0 amide bonds. The summed E-state index contributed by atoms with van der Waals surface area (Å²) in [6.45, 7) is 0.254. The third-order valence-electron chi connectivity index (χ3n) is 0.873. The van der Waals surface area contributed by atoms with Crippen molar-refractivity contribution in [3.05, 3.63) is 10.1 Å². The van der Waals surface area contributed by atoms with Crippen molar-refractivity contribution >= 4 is 28.4 Å². The third-order valence-corrected chi connectivity index (χ3v) is 1.77. The molecule has 64 valence electrons. The molecule has 0 saturated heterocycles. The Morgan fingerprint density at radius 3 is 2.82 bits per heavy atom. The van der Waals surface area contributed by atoms with Gasteiger partial charge in [-0.3, -0.25) is 15.1 Å². The summed E-state index contributed by atoms with van der Waals surface area (Å²) in [6, 6.07) is 0. The van der Waals surface area contributed by atoms with Crippen molar-refractivity contribution in [1.82, 2.24) is 0 Å². The Labute approximate surface area is 74.2 Å². The van der Waals surface area contributed by atoms with Crippen LogP contribution in [-0.2, 0) is 0 Å². The van der Waals surface area contributed by atoms with Crippen LogP contribution in [-0.4, -0.2) is 35.2 Å². The summed E-state index contributed by atoms with van der Waals surface area (Å²) in [5, 5.41) is 10.5. The van der Waals surface area contributed by atoms with E-state index in [1.165, 1.54) is 11.8 Å². The van der Waals surface area contributed by atoms with E-state index in [4.69, 9.17) is 11.6 Å². The van der Waals surface area contributed by atoms with Crippen molar-refractivity contribution in [3.63, 3.8) is 0 Å². The van der Waals surface area contributed by atoms with Crippen LogP contribution in [0.15, 0.2) is 4.99 Å². The van der Waals surface area contributed by atoms with Gasteiger partial charge < -0.3 is 0 Å². The van der Waals surface area contributed by atoms with Crippen molar-refractivity contribution in [2.45, 2.75) is 0 Å². The second-order valence-corrected chi connectivity index (χ2v) is 2.92. The molecule has 0 radical (unpaired) electrons. The first kappa shape index (κ1) is 10.7. The second-order valence-electron chi connectivity index (χ2n) is 1.66. The van der Waals surface area contributed by atoms with Gasteiger partial charge in [0.2, 0.25) is 0 Å². The van der Waals surface area contributed by atoms with Crippen molar-refractivity contribution in [2.75, 3.05) is 25.2 Å². The summed E-state index contributed by atoms with van der Waals surface area (Å²) in [5.41, 5.74) is 0. The molecule has 0 aliphatic heterocycles. The fourth-order valence-electron chi connectivity index (χ4n) is 0.456. The number of nitrogens with zero attached hydrogens (tertiary/aromatic N) is 2. The van der Waals surface area contributed by atoms with Gasteiger partial charge in [0.25, 0.3) is 6.54 Å². The van der Waals surface area contributed by atoms with E-state index in [1.54, 1.807) is 6.26 Å². The van der Waals surface area contributed by atoms with Crippen LogP contribution in [0.5, 0.6) is 0 Å². The summed E-state index contributed by atoms with van der Waals surface area (Å²) in [6.07, 6.45) is 1.76.